The standard InChI is InChI=1S/C36H42N4O7/c1-36(2,3)47-32(41)22-39-15-17-40(18-16-39)34(44)37-21-25-10-8-9-24(19-25)20-31(33(42)43)38-35(45)46-23-30-28-13-6-4-11-26(28)27-12-5-7-14-29(27)30/h4-14,19,30-31H,15-18,20-23H2,1-3H3,(H,37,44)(H,38,45)(H,42,43). The molecule has 3 aromatic carbocycles. The van der Waals surface area contributed by atoms with Crippen LogP contribution in [-0.4, -0.2) is 89.9 Å². The van der Waals surface area contributed by atoms with Crippen LogP contribution in [0.25, 0.3) is 11.1 Å². The van der Waals surface area contributed by atoms with Crippen molar-refractivity contribution in [2.45, 2.75) is 51.3 Å². The van der Waals surface area contributed by atoms with Gasteiger partial charge in [0.05, 0.1) is 6.54 Å². The number of ether oxygens (including phenoxy) is 2. The number of hydrogen-bond acceptors (Lipinski definition) is 7. The van der Waals surface area contributed by atoms with Crippen LogP contribution >= 0.6 is 0 Å². The second-order valence-corrected chi connectivity index (χ2v) is 12.9. The average molecular weight is 643 g/mol. The van der Waals surface area contributed by atoms with Gasteiger partial charge >= 0.3 is 24.1 Å². The summed E-state index contributed by atoms with van der Waals surface area (Å²) >= 11 is 0. The quantitative estimate of drug-likeness (QED) is 0.277. The van der Waals surface area contributed by atoms with Crippen molar-refractivity contribution >= 4 is 24.1 Å². The number of carbonyl (C=O) groups excluding carboxylic acids is 3. The maximum atomic E-state index is 12.8. The van der Waals surface area contributed by atoms with Gasteiger partial charge in [0.2, 0.25) is 0 Å². The zero-order valence-corrected chi connectivity index (χ0v) is 27.0. The third kappa shape index (κ3) is 8.88. The zero-order valence-electron chi connectivity index (χ0n) is 27.0. The second-order valence-electron chi connectivity index (χ2n) is 12.9. The third-order valence-corrected chi connectivity index (χ3v) is 8.24. The summed E-state index contributed by atoms with van der Waals surface area (Å²) in [5.41, 5.74) is 5.30. The molecule has 1 fully saturated rings. The van der Waals surface area contributed by atoms with Gasteiger partial charge in [-0.25, -0.2) is 14.4 Å². The smallest absolute Gasteiger partial charge is 0.407 e. The molecular weight excluding hydrogens is 600 g/mol. The molecule has 11 heteroatoms. The normalized spacial score (nSPS) is 15.3. The summed E-state index contributed by atoms with van der Waals surface area (Å²) in [5, 5.41) is 15.3. The number of amides is 3. The van der Waals surface area contributed by atoms with Crippen LogP contribution in [0.3, 0.4) is 0 Å². The van der Waals surface area contributed by atoms with Crippen molar-refractivity contribution < 1.29 is 33.8 Å². The Morgan fingerprint density at radius 3 is 2.11 bits per heavy atom. The molecular formula is C36H42N4O7. The van der Waals surface area contributed by atoms with E-state index in [1.807, 2.05) is 86.3 Å². The maximum absolute atomic E-state index is 12.8. The van der Waals surface area contributed by atoms with Gasteiger partial charge in [0.25, 0.3) is 0 Å². The summed E-state index contributed by atoms with van der Waals surface area (Å²) < 4.78 is 10.9. The third-order valence-electron chi connectivity index (χ3n) is 8.24. The summed E-state index contributed by atoms with van der Waals surface area (Å²) in [4.78, 5) is 53.5. The molecule has 1 atom stereocenters. The Hall–Kier alpha value is -4.90. The topological polar surface area (TPSA) is 138 Å². The van der Waals surface area contributed by atoms with Gasteiger partial charge in [-0.1, -0.05) is 72.8 Å². The van der Waals surface area contributed by atoms with Crippen molar-refractivity contribution in [3.05, 3.63) is 95.1 Å². The number of nitrogens with one attached hydrogen (secondary N) is 2. The van der Waals surface area contributed by atoms with Gasteiger partial charge in [0.15, 0.2) is 0 Å². The van der Waals surface area contributed by atoms with Gasteiger partial charge in [-0.2, -0.15) is 0 Å². The highest BCUT2D eigenvalue weighted by Crippen LogP contribution is 2.44. The van der Waals surface area contributed by atoms with E-state index in [1.165, 1.54) is 0 Å². The van der Waals surface area contributed by atoms with E-state index in [9.17, 15) is 24.3 Å². The fourth-order valence-electron chi connectivity index (χ4n) is 6.04. The summed E-state index contributed by atoms with van der Waals surface area (Å²) in [5.74, 6) is -1.60. The number of nitrogens with zero attached hydrogens (tertiary/aromatic N) is 2. The number of rotatable bonds is 10. The summed E-state index contributed by atoms with van der Waals surface area (Å²) in [7, 11) is 0. The monoisotopic (exact) mass is 642 g/mol. The number of carbonyl (C=O) groups is 4. The van der Waals surface area contributed by atoms with E-state index in [0.29, 0.717) is 31.7 Å². The summed E-state index contributed by atoms with van der Waals surface area (Å²) in [6.07, 6.45) is -0.755. The molecule has 0 saturated carbocycles. The number of hydrogen-bond donors (Lipinski definition) is 3. The fourth-order valence-corrected chi connectivity index (χ4v) is 6.04. The lowest BCUT2D eigenvalue weighted by Crippen LogP contribution is -2.52. The highest BCUT2D eigenvalue weighted by Gasteiger charge is 2.30. The molecule has 3 N–H and O–H groups in total. The van der Waals surface area contributed by atoms with Crippen LogP contribution in [-0.2, 0) is 32.0 Å². The maximum Gasteiger partial charge on any atom is 0.407 e. The van der Waals surface area contributed by atoms with Gasteiger partial charge in [-0.3, -0.25) is 9.69 Å². The van der Waals surface area contributed by atoms with E-state index in [0.717, 1.165) is 27.8 Å². The number of carboxylic acid groups (broad SMARTS) is 1. The molecule has 1 aliphatic heterocycles. The predicted molar refractivity (Wildman–Crippen MR) is 176 cm³/mol. The van der Waals surface area contributed by atoms with Crippen molar-refractivity contribution in [1.29, 1.82) is 0 Å². The number of alkyl carbamates (subject to hydrolysis) is 1. The molecule has 0 radical (unpaired) electrons. The minimum atomic E-state index is -1.20. The van der Waals surface area contributed by atoms with Crippen molar-refractivity contribution in [2.24, 2.45) is 0 Å². The predicted octanol–water partition coefficient (Wildman–Crippen LogP) is 4.39. The highest BCUT2D eigenvalue weighted by atomic mass is 16.6. The molecule has 3 amide bonds. The van der Waals surface area contributed by atoms with Gasteiger partial charge in [0.1, 0.15) is 18.2 Å². The van der Waals surface area contributed by atoms with Crippen molar-refractivity contribution in [1.82, 2.24) is 20.4 Å². The van der Waals surface area contributed by atoms with E-state index in [-0.39, 0.29) is 44.0 Å². The Kier molecular flexibility index (Phi) is 10.5. The first-order valence-corrected chi connectivity index (χ1v) is 15.9. The number of benzene rings is 3. The zero-order chi connectivity index (χ0) is 33.6. The Bertz CT molecular complexity index is 1570. The molecule has 11 nitrogen and oxygen atoms in total. The van der Waals surface area contributed by atoms with Gasteiger partial charge in [-0.05, 0) is 54.2 Å². The second kappa shape index (κ2) is 14.7. The number of aliphatic carboxylic acids is 1. The largest absolute Gasteiger partial charge is 0.480 e. The summed E-state index contributed by atoms with van der Waals surface area (Å²) in [6.45, 7) is 8.11. The molecule has 0 bridgehead atoms. The lowest BCUT2D eigenvalue weighted by Gasteiger charge is -2.34. The van der Waals surface area contributed by atoms with Crippen LogP contribution in [0.4, 0.5) is 9.59 Å². The van der Waals surface area contributed by atoms with Crippen LogP contribution in [0.5, 0.6) is 0 Å². The Morgan fingerprint density at radius 1 is 0.872 bits per heavy atom. The first kappa shape index (κ1) is 33.5. The number of urea groups is 1. The van der Waals surface area contributed by atoms with Gasteiger partial charge in [0, 0.05) is 45.1 Å². The van der Waals surface area contributed by atoms with E-state index >= 15 is 0 Å². The molecule has 248 valence electrons. The molecule has 0 spiro atoms. The van der Waals surface area contributed by atoms with E-state index < -0.39 is 23.7 Å². The van der Waals surface area contributed by atoms with Crippen LogP contribution in [0, 0.1) is 0 Å². The first-order chi connectivity index (χ1) is 22.5. The number of carboxylic acids is 1. The van der Waals surface area contributed by atoms with Crippen LogP contribution in [0.2, 0.25) is 0 Å². The van der Waals surface area contributed by atoms with Crippen LogP contribution < -0.4 is 10.6 Å². The average Bonchev–Trinajstić information content (AvgIpc) is 3.35. The molecule has 1 aliphatic carbocycles. The van der Waals surface area contributed by atoms with Crippen molar-refractivity contribution in [3.8, 4) is 11.1 Å². The minimum Gasteiger partial charge on any atom is -0.480 e. The molecule has 47 heavy (non-hydrogen) atoms. The highest BCUT2D eigenvalue weighted by molar-refractivity contribution is 5.81. The fraction of sp³-hybridized carbons (Fsp3) is 0.389. The molecule has 5 rings (SSSR count). The molecule has 2 aliphatic rings. The first-order valence-electron chi connectivity index (χ1n) is 15.9. The molecule has 0 aromatic heterocycles. The Labute approximate surface area is 274 Å². The number of piperazine rings is 1. The van der Waals surface area contributed by atoms with Gasteiger partial charge in [-0.15, -0.1) is 0 Å². The lowest BCUT2D eigenvalue weighted by atomic mass is 9.98. The van der Waals surface area contributed by atoms with Crippen LogP contribution in [0.15, 0.2) is 72.8 Å². The van der Waals surface area contributed by atoms with Crippen molar-refractivity contribution in [3.63, 3.8) is 0 Å². The van der Waals surface area contributed by atoms with Crippen LogP contribution in [0.1, 0.15) is 48.9 Å². The number of fused-ring (bicyclic) bond motifs is 3. The Morgan fingerprint density at radius 2 is 1.49 bits per heavy atom. The molecule has 1 heterocycles. The minimum absolute atomic E-state index is 0.0426. The molecule has 3 aromatic rings. The molecule has 1 unspecified atom stereocenters. The van der Waals surface area contributed by atoms with Gasteiger partial charge < -0.3 is 30.1 Å². The Balaban J connectivity index is 1.09. The number of esters is 1. The van der Waals surface area contributed by atoms with Crippen molar-refractivity contribution in [2.75, 3.05) is 39.3 Å². The lowest BCUT2D eigenvalue weighted by molar-refractivity contribution is -0.156. The SMILES string of the molecule is CC(C)(C)OC(=O)CN1CCN(C(=O)NCc2cccc(CC(NC(=O)OCC3c4ccccc4-c4ccccc43)C(=O)O)c2)CC1. The van der Waals surface area contributed by atoms with E-state index in [4.69, 9.17) is 9.47 Å². The van der Waals surface area contributed by atoms with E-state index in [1.54, 1.807) is 17.0 Å². The van der Waals surface area contributed by atoms with E-state index in [2.05, 4.69) is 10.6 Å². The summed E-state index contributed by atoms with van der Waals surface area (Å²) in [6, 6.07) is 21.8. The molecule has 1 saturated heterocycles.